The molecule has 0 spiro atoms. The number of hydrogen-bond acceptors (Lipinski definition) is 1. The molecule has 1 aliphatic rings. The molecule has 0 bridgehead atoms. The van der Waals surface area contributed by atoms with Gasteiger partial charge >= 0.3 is 0 Å². The molecule has 1 N–H and O–H groups in total. The Morgan fingerprint density at radius 3 is 2.43 bits per heavy atom. The van der Waals surface area contributed by atoms with E-state index in [0.717, 1.165) is 22.5 Å². The van der Waals surface area contributed by atoms with E-state index in [0.29, 0.717) is 0 Å². The van der Waals surface area contributed by atoms with Gasteiger partial charge in [0.15, 0.2) is 0 Å². The van der Waals surface area contributed by atoms with Crippen LogP contribution < -0.4 is 5.32 Å². The van der Waals surface area contributed by atoms with Gasteiger partial charge in [-0.15, -0.1) is 0 Å². The van der Waals surface area contributed by atoms with Gasteiger partial charge in [-0.25, -0.2) is 0 Å². The van der Waals surface area contributed by atoms with Crippen molar-refractivity contribution in [1.29, 1.82) is 0 Å². The van der Waals surface area contributed by atoms with E-state index in [1.165, 1.54) is 22.3 Å². The molecule has 2 aromatic carbocycles. The van der Waals surface area contributed by atoms with Crippen LogP contribution in [0.1, 0.15) is 23.6 Å². The average molecular weight is 273 g/mol. The maximum Gasteiger partial charge on any atom is 0.0464 e. The van der Waals surface area contributed by atoms with Gasteiger partial charge in [0.05, 0.1) is 0 Å². The van der Waals surface area contributed by atoms with Crippen molar-refractivity contribution < 1.29 is 0 Å². The number of rotatable bonds is 2. The van der Waals surface area contributed by atoms with E-state index in [1.807, 2.05) is 13.0 Å². The summed E-state index contributed by atoms with van der Waals surface area (Å²) < 4.78 is 0. The molecule has 0 aromatic heterocycles. The van der Waals surface area contributed by atoms with Gasteiger partial charge in [-0.3, -0.25) is 0 Å². The Morgan fingerprint density at radius 2 is 1.76 bits per heavy atom. The van der Waals surface area contributed by atoms with Crippen LogP contribution in [0.3, 0.4) is 0 Å². The largest absolute Gasteiger partial charge is 0.355 e. The summed E-state index contributed by atoms with van der Waals surface area (Å²) in [7, 11) is 0. The van der Waals surface area contributed by atoms with Crippen molar-refractivity contribution in [3.8, 4) is 0 Å². The third kappa shape index (κ3) is 2.31. The van der Waals surface area contributed by atoms with Crippen molar-refractivity contribution in [3.63, 3.8) is 0 Å². The molecule has 0 radical (unpaired) electrons. The third-order valence-corrected chi connectivity index (χ3v) is 3.77. The molecule has 104 valence electrons. The van der Waals surface area contributed by atoms with Gasteiger partial charge in [0, 0.05) is 28.1 Å². The van der Waals surface area contributed by atoms with E-state index >= 15 is 0 Å². The number of anilines is 1. The predicted molar refractivity (Wildman–Crippen MR) is 91.2 cm³/mol. The summed E-state index contributed by atoms with van der Waals surface area (Å²) in [6.07, 6.45) is 0. The Kier molecular flexibility index (Phi) is 3.26. The minimum Gasteiger partial charge on any atom is -0.355 e. The van der Waals surface area contributed by atoms with Crippen LogP contribution in [0.25, 0.3) is 5.57 Å². The van der Waals surface area contributed by atoms with Gasteiger partial charge in [0.25, 0.3) is 0 Å². The van der Waals surface area contributed by atoms with Crippen LogP contribution in [0.2, 0.25) is 0 Å². The fourth-order valence-electron chi connectivity index (χ4n) is 2.86. The first-order chi connectivity index (χ1) is 10.1. The monoisotopic (exact) mass is 273 g/mol. The van der Waals surface area contributed by atoms with Crippen LogP contribution in [0, 0.1) is 6.92 Å². The summed E-state index contributed by atoms with van der Waals surface area (Å²) in [6.45, 7) is 12.5. The van der Waals surface area contributed by atoms with Crippen LogP contribution in [0.4, 0.5) is 5.69 Å². The highest BCUT2D eigenvalue weighted by atomic mass is 14.9. The molecule has 0 atom stereocenters. The molecule has 1 aliphatic heterocycles. The molecule has 0 saturated heterocycles. The molecule has 0 amide bonds. The van der Waals surface area contributed by atoms with Gasteiger partial charge in [0.1, 0.15) is 0 Å². The number of fused-ring (bicyclic) bond motifs is 1. The highest BCUT2D eigenvalue weighted by molar-refractivity contribution is 5.95. The minimum absolute atomic E-state index is 0.915. The molecule has 1 heteroatoms. The Morgan fingerprint density at radius 1 is 1.05 bits per heavy atom. The van der Waals surface area contributed by atoms with Crippen molar-refractivity contribution in [2.75, 3.05) is 5.32 Å². The van der Waals surface area contributed by atoms with Gasteiger partial charge < -0.3 is 5.32 Å². The summed E-state index contributed by atoms with van der Waals surface area (Å²) in [5, 5.41) is 3.41. The van der Waals surface area contributed by atoms with Gasteiger partial charge in [0.2, 0.25) is 0 Å². The molecule has 0 unspecified atom stereocenters. The fraction of sp³-hybridized carbons (Fsp3) is 0.100. The van der Waals surface area contributed by atoms with Crippen molar-refractivity contribution in [2.24, 2.45) is 0 Å². The lowest BCUT2D eigenvalue weighted by Crippen LogP contribution is -2.13. The summed E-state index contributed by atoms with van der Waals surface area (Å²) in [5.74, 6) is 0. The van der Waals surface area contributed by atoms with E-state index in [9.17, 15) is 0 Å². The van der Waals surface area contributed by atoms with E-state index in [4.69, 9.17) is 0 Å². The second-order valence-corrected chi connectivity index (χ2v) is 5.55. The molecule has 0 saturated carbocycles. The maximum atomic E-state index is 4.18. The molecule has 2 aromatic rings. The third-order valence-electron chi connectivity index (χ3n) is 3.77. The van der Waals surface area contributed by atoms with Crippen LogP contribution in [0.15, 0.2) is 78.5 Å². The van der Waals surface area contributed by atoms with Gasteiger partial charge in [-0.1, -0.05) is 55.1 Å². The second kappa shape index (κ2) is 5.10. The molecule has 21 heavy (non-hydrogen) atoms. The molecule has 0 fully saturated rings. The van der Waals surface area contributed by atoms with Crippen LogP contribution >= 0.6 is 0 Å². The van der Waals surface area contributed by atoms with Crippen molar-refractivity contribution in [1.82, 2.24) is 0 Å². The first kappa shape index (κ1) is 13.4. The summed E-state index contributed by atoms with van der Waals surface area (Å²) in [6, 6.07) is 16.9. The smallest absolute Gasteiger partial charge is 0.0464 e. The van der Waals surface area contributed by atoms with E-state index < -0.39 is 0 Å². The summed E-state index contributed by atoms with van der Waals surface area (Å²) in [5.41, 5.74) is 9.03. The molecular formula is C20H19N. The van der Waals surface area contributed by atoms with Crippen molar-refractivity contribution in [3.05, 3.63) is 95.2 Å². The summed E-state index contributed by atoms with van der Waals surface area (Å²) in [4.78, 5) is 0. The standard InChI is InChI=1S/C20H19N/c1-13(2)19-15(4)21-18-11-10-14(3)12-17(18)20(19)16-8-6-5-7-9-16/h5-12,21H,1,4H2,2-3H3. The number of allylic oxidation sites excluding steroid dienone is 1. The van der Waals surface area contributed by atoms with E-state index in [1.54, 1.807) is 0 Å². The average Bonchev–Trinajstić information content (AvgIpc) is 2.47. The SMILES string of the molecule is C=C(C)C1=C(c2ccccc2)c2cc(C)ccc2NC1=C. The molecule has 1 nitrogen and oxygen atoms in total. The molecule has 1 heterocycles. The normalized spacial score (nSPS) is 13.7. The number of nitrogens with one attached hydrogen (secondary N) is 1. The van der Waals surface area contributed by atoms with E-state index in [-0.39, 0.29) is 0 Å². The maximum absolute atomic E-state index is 4.18. The fourth-order valence-corrected chi connectivity index (χ4v) is 2.86. The van der Waals surface area contributed by atoms with Crippen LogP contribution in [-0.4, -0.2) is 0 Å². The molecule has 3 rings (SSSR count). The lowest BCUT2D eigenvalue weighted by molar-refractivity contribution is 1.28. The lowest BCUT2D eigenvalue weighted by atomic mass is 9.85. The lowest BCUT2D eigenvalue weighted by Gasteiger charge is -2.27. The zero-order valence-corrected chi connectivity index (χ0v) is 12.5. The van der Waals surface area contributed by atoms with Gasteiger partial charge in [-0.2, -0.15) is 0 Å². The zero-order chi connectivity index (χ0) is 15.0. The Bertz CT molecular complexity index is 764. The second-order valence-electron chi connectivity index (χ2n) is 5.55. The number of aryl methyl sites for hydroxylation is 1. The number of benzene rings is 2. The predicted octanol–water partition coefficient (Wildman–Crippen LogP) is 5.31. The topological polar surface area (TPSA) is 12.0 Å². The molecular weight excluding hydrogens is 254 g/mol. The zero-order valence-electron chi connectivity index (χ0n) is 12.5. The first-order valence-corrected chi connectivity index (χ1v) is 7.11. The van der Waals surface area contributed by atoms with Gasteiger partial charge in [-0.05, 0) is 37.1 Å². The Labute approximate surface area is 126 Å². The first-order valence-electron chi connectivity index (χ1n) is 7.11. The van der Waals surface area contributed by atoms with E-state index in [2.05, 4.69) is 67.9 Å². The highest BCUT2D eigenvalue weighted by Crippen LogP contribution is 2.41. The van der Waals surface area contributed by atoms with Crippen LogP contribution in [-0.2, 0) is 0 Å². The quantitative estimate of drug-likeness (QED) is 0.781. The molecule has 0 aliphatic carbocycles. The number of hydrogen-bond donors (Lipinski definition) is 1. The Hall–Kier alpha value is -2.54. The van der Waals surface area contributed by atoms with Crippen molar-refractivity contribution in [2.45, 2.75) is 13.8 Å². The minimum atomic E-state index is 0.915. The van der Waals surface area contributed by atoms with Crippen molar-refractivity contribution >= 4 is 11.3 Å². The van der Waals surface area contributed by atoms with Crippen LogP contribution in [0.5, 0.6) is 0 Å². The Balaban J connectivity index is 2.36. The summed E-state index contributed by atoms with van der Waals surface area (Å²) >= 11 is 0. The highest BCUT2D eigenvalue weighted by Gasteiger charge is 2.22.